The van der Waals surface area contributed by atoms with Crippen LogP contribution in [-0.4, -0.2) is 33.7 Å². The van der Waals surface area contributed by atoms with Gasteiger partial charge in [0.2, 0.25) is 0 Å². The van der Waals surface area contributed by atoms with Gasteiger partial charge in [0, 0.05) is 32.1 Å². The molecule has 7 heteroatoms. The van der Waals surface area contributed by atoms with Gasteiger partial charge in [-0.15, -0.1) is 11.3 Å². The zero-order valence-electron chi connectivity index (χ0n) is 17.7. The van der Waals surface area contributed by atoms with Crippen molar-refractivity contribution in [3.05, 3.63) is 71.6 Å². The maximum absolute atomic E-state index is 5.32. The first-order valence-corrected chi connectivity index (χ1v) is 11.0. The lowest BCUT2D eigenvalue weighted by molar-refractivity contribution is 0.178. The van der Waals surface area contributed by atoms with Gasteiger partial charge in [-0.3, -0.25) is 0 Å². The monoisotopic (exact) mass is 429 g/mol. The van der Waals surface area contributed by atoms with Gasteiger partial charge < -0.3 is 14.2 Å². The second-order valence-corrected chi connectivity index (χ2v) is 8.38. The van der Waals surface area contributed by atoms with Crippen molar-refractivity contribution in [2.24, 2.45) is 7.05 Å². The maximum atomic E-state index is 5.32. The Kier molecular flexibility index (Phi) is 5.13. The molecule has 0 saturated heterocycles. The minimum absolute atomic E-state index is 0.377. The van der Waals surface area contributed by atoms with Gasteiger partial charge in [-0.2, -0.15) is 0 Å². The molecule has 156 valence electrons. The normalized spacial score (nSPS) is 11.5. The fraction of sp³-hybridized carbons (Fsp3) is 0.208. The van der Waals surface area contributed by atoms with Crippen LogP contribution in [0, 0.1) is 0 Å². The van der Waals surface area contributed by atoms with Crippen LogP contribution < -0.4 is 4.90 Å². The molecule has 0 unspecified atom stereocenters. The Labute approximate surface area is 184 Å². The third kappa shape index (κ3) is 3.56. The third-order valence-electron chi connectivity index (χ3n) is 5.44. The summed E-state index contributed by atoms with van der Waals surface area (Å²) in [5.74, 6) is 2.56. The highest BCUT2D eigenvalue weighted by molar-refractivity contribution is 7.17. The minimum atomic E-state index is 0.377. The lowest BCUT2D eigenvalue weighted by Crippen LogP contribution is -2.21. The van der Waals surface area contributed by atoms with Crippen LogP contribution in [0.4, 0.5) is 5.82 Å². The Hall–Kier alpha value is -3.29. The van der Waals surface area contributed by atoms with Gasteiger partial charge in [-0.25, -0.2) is 15.0 Å². The first kappa shape index (κ1) is 19.7. The number of rotatable bonds is 6. The number of anilines is 1. The average Bonchev–Trinajstić information content (AvgIpc) is 3.35. The van der Waals surface area contributed by atoms with Crippen LogP contribution >= 0.6 is 11.3 Å². The number of aromatic nitrogens is 4. The van der Waals surface area contributed by atoms with E-state index in [1.807, 2.05) is 24.3 Å². The molecular weight excluding hydrogens is 406 g/mol. The van der Waals surface area contributed by atoms with E-state index in [-0.39, 0.29) is 0 Å². The Morgan fingerprint density at radius 1 is 1.00 bits per heavy atom. The summed E-state index contributed by atoms with van der Waals surface area (Å²) in [6.45, 7) is 1.01. The van der Waals surface area contributed by atoms with Crippen LogP contribution in [0.25, 0.3) is 32.4 Å². The molecule has 0 bridgehead atoms. The molecule has 0 N–H and O–H groups in total. The molecule has 0 atom stereocenters. The summed E-state index contributed by atoms with van der Waals surface area (Å²) in [5, 5.41) is 3.23. The lowest BCUT2D eigenvalue weighted by Gasteiger charge is -2.20. The number of hydrogen-bond acceptors (Lipinski definition) is 6. The number of benzene rings is 2. The van der Waals surface area contributed by atoms with Gasteiger partial charge in [0.15, 0.2) is 5.82 Å². The van der Waals surface area contributed by atoms with Crippen LogP contribution in [0.3, 0.4) is 0 Å². The Bertz CT molecular complexity index is 1360. The van der Waals surface area contributed by atoms with Crippen molar-refractivity contribution in [3.8, 4) is 11.1 Å². The fourth-order valence-electron chi connectivity index (χ4n) is 3.89. The number of aryl methyl sites for hydroxylation is 1. The molecule has 2 aromatic carbocycles. The highest BCUT2D eigenvalue weighted by Gasteiger charge is 2.19. The highest BCUT2D eigenvalue weighted by atomic mass is 32.1. The molecule has 0 saturated carbocycles. The van der Waals surface area contributed by atoms with E-state index in [1.54, 1.807) is 18.4 Å². The second-order valence-electron chi connectivity index (χ2n) is 7.52. The topological polar surface area (TPSA) is 56.1 Å². The number of hydrogen-bond donors (Lipinski definition) is 0. The summed E-state index contributed by atoms with van der Waals surface area (Å²) in [6, 6.07) is 18.6. The van der Waals surface area contributed by atoms with Crippen LogP contribution in [0.5, 0.6) is 0 Å². The number of ether oxygens (including phenoxy) is 1. The van der Waals surface area contributed by atoms with Gasteiger partial charge in [0.05, 0.1) is 23.0 Å². The van der Waals surface area contributed by atoms with Crippen molar-refractivity contribution in [1.82, 2.24) is 19.5 Å². The predicted octanol–water partition coefficient (Wildman–Crippen LogP) is 5.03. The molecule has 0 aliphatic carbocycles. The zero-order chi connectivity index (χ0) is 21.4. The molecule has 0 spiro atoms. The summed E-state index contributed by atoms with van der Waals surface area (Å²) in [6.07, 6.45) is 0. The van der Waals surface area contributed by atoms with Crippen molar-refractivity contribution in [2.45, 2.75) is 13.2 Å². The molecular formula is C24H23N5OS. The molecule has 0 radical (unpaired) electrons. The molecule has 3 heterocycles. The molecule has 6 nitrogen and oxygen atoms in total. The number of para-hydroxylation sites is 2. The number of nitrogens with zero attached hydrogens (tertiary/aromatic N) is 5. The molecule has 0 amide bonds. The standard InChI is InChI=1S/C24H23N5OS/c1-28(13-21-25-18-11-7-8-12-19(18)29(21)2)23-22-17(16-9-5-4-6-10-16)15-31-24(22)27-20(26-23)14-30-3/h4-12,15H,13-14H2,1-3H3. The quantitative estimate of drug-likeness (QED) is 0.379. The zero-order valence-corrected chi connectivity index (χ0v) is 18.6. The highest BCUT2D eigenvalue weighted by Crippen LogP contribution is 2.38. The van der Waals surface area contributed by atoms with E-state index in [0.29, 0.717) is 19.0 Å². The van der Waals surface area contributed by atoms with Gasteiger partial charge in [-0.05, 0) is 17.7 Å². The lowest BCUT2D eigenvalue weighted by atomic mass is 10.1. The first-order chi connectivity index (χ1) is 15.2. The Morgan fingerprint density at radius 2 is 1.77 bits per heavy atom. The number of imidazole rings is 1. The molecule has 3 aromatic heterocycles. The second kappa shape index (κ2) is 8.09. The van der Waals surface area contributed by atoms with Gasteiger partial charge >= 0.3 is 0 Å². The molecule has 5 aromatic rings. The average molecular weight is 430 g/mol. The smallest absolute Gasteiger partial charge is 0.158 e. The summed E-state index contributed by atoms with van der Waals surface area (Å²) in [4.78, 5) is 17.6. The van der Waals surface area contributed by atoms with Crippen LogP contribution in [0.2, 0.25) is 0 Å². The Balaban J connectivity index is 1.62. The van der Waals surface area contributed by atoms with E-state index >= 15 is 0 Å². The number of fused-ring (bicyclic) bond motifs is 2. The molecule has 5 rings (SSSR count). The van der Waals surface area contributed by atoms with Crippen LogP contribution in [-0.2, 0) is 24.9 Å². The summed E-state index contributed by atoms with van der Waals surface area (Å²) in [7, 11) is 5.79. The third-order valence-corrected chi connectivity index (χ3v) is 6.31. The van der Waals surface area contributed by atoms with Crippen molar-refractivity contribution in [3.63, 3.8) is 0 Å². The summed E-state index contributed by atoms with van der Waals surface area (Å²) < 4.78 is 7.47. The van der Waals surface area contributed by atoms with Crippen molar-refractivity contribution in [1.29, 1.82) is 0 Å². The van der Waals surface area contributed by atoms with Crippen molar-refractivity contribution in [2.75, 3.05) is 19.1 Å². The molecule has 0 fully saturated rings. The minimum Gasteiger partial charge on any atom is -0.377 e. The molecule has 0 aliphatic rings. The van der Waals surface area contributed by atoms with Gasteiger partial charge in [0.1, 0.15) is 23.1 Å². The molecule has 0 aliphatic heterocycles. The van der Waals surface area contributed by atoms with E-state index in [4.69, 9.17) is 19.7 Å². The van der Waals surface area contributed by atoms with E-state index in [1.165, 1.54) is 0 Å². The predicted molar refractivity (Wildman–Crippen MR) is 126 cm³/mol. The summed E-state index contributed by atoms with van der Waals surface area (Å²) >= 11 is 1.64. The van der Waals surface area contributed by atoms with Crippen molar-refractivity contribution >= 4 is 38.4 Å². The number of methoxy groups -OCH3 is 1. The van der Waals surface area contributed by atoms with E-state index in [2.05, 4.69) is 59.3 Å². The van der Waals surface area contributed by atoms with Gasteiger partial charge in [0.25, 0.3) is 0 Å². The summed E-state index contributed by atoms with van der Waals surface area (Å²) in [5.41, 5.74) is 4.44. The first-order valence-electron chi connectivity index (χ1n) is 10.1. The maximum Gasteiger partial charge on any atom is 0.158 e. The largest absolute Gasteiger partial charge is 0.377 e. The van der Waals surface area contributed by atoms with E-state index < -0.39 is 0 Å². The Morgan fingerprint density at radius 3 is 2.55 bits per heavy atom. The SMILES string of the molecule is COCc1nc(N(C)Cc2nc3ccccc3n2C)c2c(-c3ccccc3)csc2n1. The van der Waals surface area contributed by atoms with E-state index in [9.17, 15) is 0 Å². The molecule has 31 heavy (non-hydrogen) atoms. The van der Waals surface area contributed by atoms with E-state index in [0.717, 1.165) is 44.0 Å². The van der Waals surface area contributed by atoms with Crippen LogP contribution in [0.1, 0.15) is 11.6 Å². The van der Waals surface area contributed by atoms with Crippen molar-refractivity contribution < 1.29 is 4.74 Å². The fourth-order valence-corrected chi connectivity index (χ4v) is 4.85. The van der Waals surface area contributed by atoms with Gasteiger partial charge in [-0.1, -0.05) is 42.5 Å². The van der Waals surface area contributed by atoms with Crippen LogP contribution in [0.15, 0.2) is 60.0 Å². The number of thiophene rings is 1.